The van der Waals surface area contributed by atoms with Gasteiger partial charge in [-0.25, -0.2) is 4.39 Å². The summed E-state index contributed by atoms with van der Waals surface area (Å²) in [6, 6.07) is 7.50. The van der Waals surface area contributed by atoms with Crippen LogP contribution < -0.4 is 10.3 Å². The van der Waals surface area contributed by atoms with E-state index in [0.29, 0.717) is 0 Å². The first-order valence-electron chi connectivity index (χ1n) is 4.92. The monoisotopic (exact) mass is 253 g/mol. The third-order valence-electron chi connectivity index (χ3n) is 2.22. The van der Waals surface area contributed by atoms with Crippen LogP contribution in [0, 0.1) is 5.82 Å². The first-order chi connectivity index (χ1) is 8.18. The minimum Gasteiger partial charge on any atom is -0.483 e. The van der Waals surface area contributed by atoms with E-state index in [0.717, 1.165) is 0 Å². The molecule has 0 aliphatic heterocycles. The molecule has 2 rings (SSSR count). The summed E-state index contributed by atoms with van der Waals surface area (Å²) in [5.74, 6) is -0.323. The molecule has 1 N–H and O–H groups in total. The second kappa shape index (κ2) is 5.01. The Balaban J connectivity index is 2.19. The lowest BCUT2D eigenvalue weighted by Crippen LogP contribution is -2.10. The number of halogens is 2. The van der Waals surface area contributed by atoms with Crippen molar-refractivity contribution < 1.29 is 9.13 Å². The first-order valence-corrected chi connectivity index (χ1v) is 5.29. The van der Waals surface area contributed by atoms with Crippen molar-refractivity contribution in [2.24, 2.45) is 0 Å². The van der Waals surface area contributed by atoms with Crippen molar-refractivity contribution >= 4 is 11.6 Å². The molecule has 1 aromatic heterocycles. The van der Waals surface area contributed by atoms with Gasteiger partial charge in [0.2, 0.25) is 0 Å². The molecule has 5 heteroatoms. The molecule has 0 aliphatic carbocycles. The van der Waals surface area contributed by atoms with Gasteiger partial charge in [-0.2, -0.15) is 0 Å². The molecular weight excluding hydrogens is 245 g/mol. The normalized spacial score (nSPS) is 10.2. The quantitative estimate of drug-likeness (QED) is 0.914. The summed E-state index contributed by atoms with van der Waals surface area (Å²) in [6.07, 6.45) is 1.49. The van der Waals surface area contributed by atoms with Gasteiger partial charge in [-0.15, -0.1) is 0 Å². The number of hydrogen-bond acceptors (Lipinski definition) is 2. The molecule has 0 spiro atoms. The third kappa shape index (κ3) is 2.65. The Morgan fingerprint density at radius 2 is 2.12 bits per heavy atom. The van der Waals surface area contributed by atoms with Crippen LogP contribution in [0.1, 0.15) is 5.56 Å². The van der Waals surface area contributed by atoms with E-state index in [2.05, 4.69) is 4.98 Å². The van der Waals surface area contributed by atoms with Gasteiger partial charge in [-0.05, 0) is 24.3 Å². The van der Waals surface area contributed by atoms with Crippen molar-refractivity contribution in [3.8, 4) is 5.75 Å². The Hall–Kier alpha value is -1.81. The molecule has 0 bridgehead atoms. The Bertz CT molecular complexity index is 562. The molecule has 0 aliphatic rings. The zero-order chi connectivity index (χ0) is 12.3. The highest BCUT2D eigenvalue weighted by Gasteiger charge is 2.08. The Morgan fingerprint density at radius 3 is 2.82 bits per heavy atom. The number of aromatic amines is 1. The minimum atomic E-state index is -0.454. The fraction of sp³-hybridized carbons (Fsp3) is 0.0833. The summed E-state index contributed by atoms with van der Waals surface area (Å²) in [6.45, 7) is -0.0847. The number of aromatic nitrogens is 1. The average Bonchev–Trinajstić information content (AvgIpc) is 2.30. The lowest BCUT2D eigenvalue weighted by molar-refractivity contribution is 0.295. The maximum absolute atomic E-state index is 13.4. The number of hydrogen-bond donors (Lipinski definition) is 1. The fourth-order valence-corrected chi connectivity index (χ4v) is 1.56. The second-order valence-corrected chi connectivity index (χ2v) is 3.76. The summed E-state index contributed by atoms with van der Waals surface area (Å²) >= 11 is 5.83. The zero-order valence-electron chi connectivity index (χ0n) is 8.74. The molecule has 0 saturated carbocycles. The van der Waals surface area contributed by atoms with Crippen molar-refractivity contribution in [3.63, 3.8) is 0 Å². The van der Waals surface area contributed by atoms with Gasteiger partial charge in [0.1, 0.15) is 12.4 Å². The molecule has 1 heterocycles. The Labute approximate surface area is 102 Å². The highest BCUT2D eigenvalue weighted by Crippen LogP contribution is 2.20. The van der Waals surface area contributed by atoms with Gasteiger partial charge >= 0.3 is 0 Å². The number of rotatable bonds is 3. The largest absolute Gasteiger partial charge is 0.483 e. The number of H-pyrrole nitrogens is 1. The fourth-order valence-electron chi connectivity index (χ4n) is 1.34. The maximum atomic E-state index is 13.4. The van der Waals surface area contributed by atoms with E-state index < -0.39 is 5.82 Å². The highest BCUT2D eigenvalue weighted by atomic mass is 35.5. The molecule has 88 valence electrons. The number of pyridine rings is 1. The van der Waals surface area contributed by atoms with Crippen molar-refractivity contribution in [3.05, 3.63) is 63.3 Å². The van der Waals surface area contributed by atoms with Crippen LogP contribution in [-0.2, 0) is 6.61 Å². The van der Waals surface area contributed by atoms with Gasteiger partial charge in [-0.3, -0.25) is 4.79 Å². The summed E-state index contributed by atoms with van der Waals surface area (Å²) in [7, 11) is 0. The highest BCUT2D eigenvalue weighted by molar-refractivity contribution is 6.31. The molecule has 0 atom stereocenters. The molecule has 1 aromatic carbocycles. The Kier molecular flexibility index (Phi) is 3.44. The molecule has 0 amide bonds. The van der Waals surface area contributed by atoms with Crippen LogP contribution in [-0.4, -0.2) is 4.98 Å². The van der Waals surface area contributed by atoms with Crippen molar-refractivity contribution in [2.45, 2.75) is 6.61 Å². The zero-order valence-corrected chi connectivity index (χ0v) is 9.50. The topological polar surface area (TPSA) is 42.1 Å². The van der Waals surface area contributed by atoms with E-state index >= 15 is 0 Å². The van der Waals surface area contributed by atoms with E-state index in [4.69, 9.17) is 16.3 Å². The van der Waals surface area contributed by atoms with Crippen LogP contribution in [0.25, 0.3) is 0 Å². The summed E-state index contributed by atoms with van der Waals surface area (Å²) in [4.78, 5) is 13.8. The van der Waals surface area contributed by atoms with E-state index in [1.54, 1.807) is 12.1 Å². The second-order valence-electron chi connectivity index (χ2n) is 3.35. The number of nitrogens with one attached hydrogen (secondary N) is 1. The van der Waals surface area contributed by atoms with Gasteiger partial charge in [0.05, 0.1) is 5.02 Å². The van der Waals surface area contributed by atoms with Crippen LogP contribution in [0.5, 0.6) is 5.75 Å². The Morgan fingerprint density at radius 1 is 1.29 bits per heavy atom. The van der Waals surface area contributed by atoms with Crippen LogP contribution in [0.15, 0.2) is 41.3 Å². The van der Waals surface area contributed by atoms with Crippen LogP contribution in [0.3, 0.4) is 0 Å². The van der Waals surface area contributed by atoms with E-state index in [9.17, 15) is 9.18 Å². The summed E-state index contributed by atoms with van der Waals surface area (Å²) < 4.78 is 18.6. The van der Waals surface area contributed by atoms with Crippen molar-refractivity contribution in [2.75, 3.05) is 0 Å². The minimum absolute atomic E-state index is 0.0847. The maximum Gasteiger partial charge on any atom is 0.290 e. The first kappa shape index (κ1) is 11.7. The van der Waals surface area contributed by atoms with Gasteiger partial charge in [-0.1, -0.05) is 17.7 Å². The van der Waals surface area contributed by atoms with Gasteiger partial charge in [0.25, 0.3) is 5.56 Å². The summed E-state index contributed by atoms with van der Waals surface area (Å²) in [5.41, 5.74) is -0.127. The third-order valence-corrected chi connectivity index (χ3v) is 2.57. The van der Waals surface area contributed by atoms with Crippen LogP contribution >= 0.6 is 11.6 Å². The molecule has 17 heavy (non-hydrogen) atoms. The van der Waals surface area contributed by atoms with Gasteiger partial charge in [0, 0.05) is 11.8 Å². The lowest BCUT2D eigenvalue weighted by atomic mass is 10.2. The van der Waals surface area contributed by atoms with E-state index in [1.165, 1.54) is 24.4 Å². The smallest absolute Gasteiger partial charge is 0.290 e. The van der Waals surface area contributed by atoms with Gasteiger partial charge < -0.3 is 9.72 Å². The average molecular weight is 254 g/mol. The van der Waals surface area contributed by atoms with Crippen molar-refractivity contribution in [1.29, 1.82) is 0 Å². The standard InChI is InChI=1S/C12H9ClFNO2/c13-9-3-1-4-10(14)8(9)7-17-11-5-2-6-15-12(11)16/h1-6H,7H2,(H,15,16). The molecule has 0 unspecified atom stereocenters. The van der Waals surface area contributed by atoms with E-state index in [-0.39, 0.29) is 28.5 Å². The predicted molar refractivity (Wildman–Crippen MR) is 62.8 cm³/mol. The molecule has 2 aromatic rings. The van der Waals surface area contributed by atoms with E-state index in [1.807, 2.05) is 0 Å². The predicted octanol–water partition coefficient (Wildman–Crippen LogP) is 2.75. The lowest BCUT2D eigenvalue weighted by Gasteiger charge is -2.07. The SMILES string of the molecule is O=c1[nH]cccc1OCc1c(F)cccc1Cl. The van der Waals surface area contributed by atoms with Crippen molar-refractivity contribution in [1.82, 2.24) is 4.98 Å². The van der Waals surface area contributed by atoms with Crippen LogP contribution in [0.4, 0.5) is 4.39 Å². The summed E-state index contributed by atoms with van der Waals surface area (Å²) in [5, 5.41) is 0.275. The van der Waals surface area contributed by atoms with Gasteiger partial charge in [0.15, 0.2) is 5.75 Å². The molecule has 0 saturated heterocycles. The number of benzene rings is 1. The molecule has 0 radical (unpaired) electrons. The van der Waals surface area contributed by atoms with Crippen LogP contribution in [0.2, 0.25) is 5.02 Å². The molecule has 0 fully saturated rings. The molecular formula is C12H9ClFNO2. The molecule has 3 nitrogen and oxygen atoms in total. The number of ether oxygens (including phenoxy) is 1.